The number of nitrogens with zero attached hydrogens (tertiary/aromatic N) is 2. The van der Waals surface area contributed by atoms with Crippen molar-refractivity contribution in [2.75, 3.05) is 23.7 Å². The number of fused-ring (bicyclic) bond motifs is 4. The Morgan fingerprint density at radius 3 is 2.42 bits per heavy atom. The first-order valence-corrected chi connectivity index (χ1v) is 17.2. The van der Waals surface area contributed by atoms with E-state index in [9.17, 15) is 22.9 Å². The van der Waals surface area contributed by atoms with Crippen LogP contribution in [0.5, 0.6) is 0 Å². The number of carboxylic acid groups (broad SMARTS) is 1. The Labute approximate surface area is 266 Å². The first-order chi connectivity index (χ1) is 21.3. The van der Waals surface area contributed by atoms with E-state index in [-0.39, 0.29) is 23.0 Å². The summed E-state index contributed by atoms with van der Waals surface area (Å²) in [5.41, 5.74) is 7.16. The molecule has 2 aliphatic heterocycles. The topological polar surface area (TPSA) is 97.9 Å². The monoisotopic (exact) mass is 627 g/mol. The number of benzene rings is 3. The highest BCUT2D eigenvalue weighted by Gasteiger charge is 2.45. The van der Waals surface area contributed by atoms with Gasteiger partial charge in [0, 0.05) is 47.5 Å². The molecule has 0 spiro atoms. The summed E-state index contributed by atoms with van der Waals surface area (Å²) in [7, 11) is -3.99. The van der Waals surface area contributed by atoms with Crippen molar-refractivity contribution in [2.45, 2.75) is 64.7 Å². The van der Waals surface area contributed by atoms with Crippen molar-refractivity contribution >= 4 is 43.9 Å². The standard InChI is InChI=1S/C37H42N2O5S/c1-6-38-30-20-18-26(25-34(40)41)24-29(30)36(2,3)32(38)16-8-7-9-17-33-37(4,5)35-28-15-11-10-14-27(28)19-21-31(35)39(33)22-12-13-23-45(42,43)44/h7-11,14-21,24H,6,12-13,22-23,25H2,1-5H3,(H-,40,41,42,43,44)/p+1. The highest BCUT2D eigenvalue weighted by Crippen LogP contribution is 2.48. The maximum Gasteiger partial charge on any atom is 0.307 e. The number of carbonyl (C=O) groups is 1. The molecule has 236 valence electrons. The van der Waals surface area contributed by atoms with Gasteiger partial charge in [0.25, 0.3) is 10.1 Å². The zero-order valence-electron chi connectivity index (χ0n) is 26.7. The average Bonchev–Trinajstić information content (AvgIpc) is 3.32. The van der Waals surface area contributed by atoms with Crippen LogP contribution in [-0.2, 0) is 32.2 Å². The summed E-state index contributed by atoms with van der Waals surface area (Å²) in [6.07, 6.45) is 11.5. The molecule has 0 saturated heterocycles. The van der Waals surface area contributed by atoms with Gasteiger partial charge in [0.05, 0.1) is 17.6 Å². The molecule has 2 aliphatic rings. The minimum absolute atomic E-state index is 0.00558. The van der Waals surface area contributed by atoms with E-state index in [2.05, 4.69) is 98.7 Å². The van der Waals surface area contributed by atoms with Crippen molar-refractivity contribution in [2.24, 2.45) is 0 Å². The summed E-state index contributed by atoms with van der Waals surface area (Å²) < 4.78 is 34.2. The lowest BCUT2D eigenvalue weighted by atomic mass is 9.79. The lowest BCUT2D eigenvalue weighted by Crippen LogP contribution is -2.28. The van der Waals surface area contributed by atoms with Crippen molar-refractivity contribution < 1.29 is 27.4 Å². The molecule has 7 nitrogen and oxygen atoms in total. The van der Waals surface area contributed by atoms with E-state index in [0.717, 1.165) is 40.5 Å². The zero-order chi connectivity index (χ0) is 32.6. The molecule has 45 heavy (non-hydrogen) atoms. The van der Waals surface area contributed by atoms with Gasteiger partial charge in [-0.05, 0) is 67.3 Å². The Morgan fingerprint density at radius 2 is 1.71 bits per heavy atom. The largest absolute Gasteiger partial charge is 0.481 e. The summed E-state index contributed by atoms with van der Waals surface area (Å²) in [4.78, 5) is 13.6. The lowest BCUT2D eigenvalue weighted by Gasteiger charge is -2.25. The van der Waals surface area contributed by atoms with E-state index in [0.29, 0.717) is 19.4 Å². The second-order valence-electron chi connectivity index (χ2n) is 12.9. The van der Waals surface area contributed by atoms with E-state index < -0.39 is 16.1 Å². The molecule has 0 aromatic heterocycles. The SMILES string of the molecule is CCN1/C(=C/C=C/C=C/C2=[N+](CCCCS(=O)(=O)O)c3ccc4ccccc4c3C2(C)C)C(C)(C)c2cc(CC(=O)O)ccc21. The Bertz CT molecular complexity index is 1880. The van der Waals surface area contributed by atoms with E-state index in [4.69, 9.17) is 0 Å². The van der Waals surface area contributed by atoms with Gasteiger partial charge in [0.1, 0.15) is 6.54 Å². The molecule has 0 radical (unpaired) electrons. The van der Waals surface area contributed by atoms with Gasteiger partial charge in [-0.2, -0.15) is 13.0 Å². The Hall–Kier alpha value is -4.01. The molecule has 5 rings (SSSR count). The fraction of sp³-hybridized carbons (Fsp3) is 0.351. The smallest absolute Gasteiger partial charge is 0.307 e. The van der Waals surface area contributed by atoms with Gasteiger partial charge in [-0.15, -0.1) is 0 Å². The van der Waals surface area contributed by atoms with Gasteiger partial charge in [-0.1, -0.05) is 68.5 Å². The van der Waals surface area contributed by atoms with Crippen LogP contribution < -0.4 is 4.90 Å². The number of rotatable bonds is 11. The fourth-order valence-corrected chi connectivity index (χ4v) is 7.61. The van der Waals surface area contributed by atoms with Crippen LogP contribution in [0.15, 0.2) is 90.7 Å². The number of carboxylic acids is 1. The molecule has 0 fully saturated rings. The third-order valence-corrected chi connectivity index (χ3v) is 9.95. The molecule has 3 aromatic rings. The first kappa shape index (κ1) is 32.4. The summed E-state index contributed by atoms with van der Waals surface area (Å²) in [5.74, 6) is -1.08. The average molecular weight is 628 g/mol. The van der Waals surface area contributed by atoms with Crippen molar-refractivity contribution in [1.82, 2.24) is 0 Å². The number of anilines is 1. The molecule has 8 heteroatoms. The van der Waals surface area contributed by atoms with Gasteiger partial charge in [0.2, 0.25) is 5.69 Å². The number of aliphatic carboxylic acids is 1. The summed E-state index contributed by atoms with van der Waals surface area (Å²) in [6, 6.07) is 18.7. The van der Waals surface area contributed by atoms with Crippen molar-refractivity contribution in [1.29, 1.82) is 0 Å². The van der Waals surface area contributed by atoms with Gasteiger partial charge in [-0.3, -0.25) is 9.35 Å². The number of hydrogen-bond acceptors (Lipinski definition) is 4. The lowest BCUT2D eigenvalue weighted by molar-refractivity contribution is -0.438. The molecule has 0 saturated carbocycles. The van der Waals surface area contributed by atoms with E-state index >= 15 is 0 Å². The molecule has 0 amide bonds. The summed E-state index contributed by atoms with van der Waals surface area (Å²) >= 11 is 0. The predicted octanol–water partition coefficient (Wildman–Crippen LogP) is 7.33. The van der Waals surface area contributed by atoms with E-state index in [1.165, 1.54) is 16.3 Å². The number of hydrogen-bond donors (Lipinski definition) is 2. The number of allylic oxidation sites excluding steroid dienone is 6. The number of unbranched alkanes of at least 4 members (excludes halogenated alkanes) is 1. The van der Waals surface area contributed by atoms with Gasteiger partial charge < -0.3 is 10.0 Å². The van der Waals surface area contributed by atoms with Crippen molar-refractivity contribution in [3.63, 3.8) is 0 Å². The highest BCUT2D eigenvalue weighted by atomic mass is 32.2. The Morgan fingerprint density at radius 1 is 0.956 bits per heavy atom. The molecular weight excluding hydrogens is 584 g/mol. The van der Waals surface area contributed by atoms with Crippen LogP contribution in [0.4, 0.5) is 11.4 Å². The third-order valence-electron chi connectivity index (χ3n) is 9.15. The second kappa shape index (κ2) is 12.4. The van der Waals surface area contributed by atoms with Crippen LogP contribution in [0.25, 0.3) is 10.8 Å². The van der Waals surface area contributed by atoms with Gasteiger partial charge in [-0.25, -0.2) is 0 Å². The molecule has 0 atom stereocenters. The quantitative estimate of drug-likeness (QED) is 0.100. The number of likely N-dealkylation sites (N-methyl/N-ethyl adjacent to an activating group) is 1. The molecular formula is C37H43N2O5S+. The Kier molecular flexibility index (Phi) is 8.93. The second-order valence-corrected chi connectivity index (χ2v) is 14.5. The van der Waals surface area contributed by atoms with Crippen LogP contribution in [0.1, 0.15) is 64.2 Å². The first-order valence-electron chi connectivity index (χ1n) is 15.6. The Balaban J connectivity index is 1.45. The highest BCUT2D eigenvalue weighted by molar-refractivity contribution is 7.85. The van der Waals surface area contributed by atoms with Crippen LogP contribution in [0, 0.1) is 0 Å². The van der Waals surface area contributed by atoms with E-state index in [1.807, 2.05) is 30.3 Å². The zero-order valence-corrected chi connectivity index (χ0v) is 27.6. The molecule has 0 unspecified atom stereocenters. The van der Waals surface area contributed by atoms with Crippen LogP contribution in [-0.4, -0.2) is 53.2 Å². The minimum Gasteiger partial charge on any atom is -0.481 e. The van der Waals surface area contributed by atoms with Gasteiger partial charge in [0.15, 0.2) is 5.71 Å². The summed E-state index contributed by atoms with van der Waals surface area (Å²) in [5, 5.41) is 11.7. The van der Waals surface area contributed by atoms with Crippen LogP contribution >= 0.6 is 0 Å². The van der Waals surface area contributed by atoms with E-state index in [1.54, 1.807) is 0 Å². The maximum absolute atomic E-state index is 11.3. The predicted molar refractivity (Wildman–Crippen MR) is 183 cm³/mol. The van der Waals surface area contributed by atoms with Crippen molar-refractivity contribution in [3.8, 4) is 0 Å². The minimum atomic E-state index is -3.99. The third kappa shape index (κ3) is 6.40. The summed E-state index contributed by atoms with van der Waals surface area (Å²) in [6.45, 7) is 12.4. The van der Waals surface area contributed by atoms with Crippen LogP contribution in [0.3, 0.4) is 0 Å². The molecule has 2 N–H and O–H groups in total. The maximum atomic E-state index is 11.3. The van der Waals surface area contributed by atoms with Crippen LogP contribution in [0.2, 0.25) is 0 Å². The van der Waals surface area contributed by atoms with Gasteiger partial charge >= 0.3 is 5.97 Å². The normalized spacial score (nSPS) is 18.1. The molecule has 0 bridgehead atoms. The molecule has 2 heterocycles. The molecule has 3 aromatic carbocycles. The molecule has 0 aliphatic carbocycles. The van der Waals surface area contributed by atoms with Crippen molar-refractivity contribution in [3.05, 3.63) is 107 Å². The fourth-order valence-electron chi connectivity index (χ4n) is 7.04.